The Morgan fingerprint density at radius 3 is 0.987 bits per heavy atom. The largest absolute Gasteiger partial charge is 0.456 e. The minimum atomic E-state index is -0.162. The molecule has 382 valence electrons. The summed E-state index contributed by atoms with van der Waals surface area (Å²) in [6.45, 7) is 13.9. The third-order valence-electron chi connectivity index (χ3n) is 15.6. The summed E-state index contributed by atoms with van der Waals surface area (Å²) in [7, 11) is 0. The van der Waals surface area contributed by atoms with Gasteiger partial charge in [-0.25, -0.2) is 0 Å². The number of nitrogens with zero attached hydrogens (tertiary/aromatic N) is 2. The van der Waals surface area contributed by atoms with Crippen LogP contribution >= 0.6 is 0 Å². The van der Waals surface area contributed by atoms with Gasteiger partial charge in [0.25, 0.3) is 0 Å². The van der Waals surface area contributed by atoms with Crippen molar-refractivity contribution >= 4 is 77.6 Å². The van der Waals surface area contributed by atoms with Crippen LogP contribution in [-0.4, -0.2) is 0 Å². The van der Waals surface area contributed by atoms with Gasteiger partial charge in [-0.1, -0.05) is 236 Å². The van der Waals surface area contributed by atoms with Crippen LogP contribution in [0.25, 0.3) is 88.0 Å². The van der Waals surface area contributed by atoms with Crippen molar-refractivity contribution in [1.82, 2.24) is 0 Å². The number of para-hydroxylation sites is 2. The predicted octanol–water partition coefficient (Wildman–Crippen LogP) is 22.1. The molecule has 13 aromatic rings. The Bertz CT molecular complexity index is 4090. The SMILES string of the molecule is CC(C)(C)c1cccc(-c2ccccc2)c1N(c1cccc(-c2ccccc2)c1)c1ccc2cc3c(cc2c1)oc1cc2cc(N(c4cccc(-c5ccccc5)c4)c4c(-c5ccccc5)cccc4C(C)(C)C)ccc2cc13. The van der Waals surface area contributed by atoms with Crippen LogP contribution in [0.15, 0.2) is 271 Å². The summed E-state index contributed by atoms with van der Waals surface area (Å²) in [5.74, 6) is 0. The van der Waals surface area contributed by atoms with Crippen molar-refractivity contribution in [2.75, 3.05) is 9.80 Å². The molecule has 0 saturated heterocycles. The van der Waals surface area contributed by atoms with Crippen LogP contribution in [0.5, 0.6) is 0 Å². The van der Waals surface area contributed by atoms with Crippen molar-refractivity contribution < 1.29 is 4.42 Å². The Hall–Kier alpha value is -9.44. The average Bonchev–Trinajstić information content (AvgIpc) is 3.96. The number of hydrogen-bond donors (Lipinski definition) is 0. The van der Waals surface area contributed by atoms with E-state index in [1.165, 1.54) is 67.0 Å². The van der Waals surface area contributed by atoms with Gasteiger partial charge in [0, 0.05) is 44.6 Å². The highest BCUT2D eigenvalue weighted by Gasteiger charge is 2.29. The highest BCUT2D eigenvalue weighted by Crippen LogP contribution is 2.50. The van der Waals surface area contributed by atoms with Crippen molar-refractivity contribution in [2.45, 2.75) is 52.4 Å². The lowest BCUT2D eigenvalue weighted by atomic mass is 9.82. The topological polar surface area (TPSA) is 19.6 Å². The molecule has 0 aliphatic carbocycles. The smallest absolute Gasteiger partial charge is 0.136 e. The number of rotatable bonds is 10. The molecule has 1 heterocycles. The quantitative estimate of drug-likeness (QED) is 0.136. The van der Waals surface area contributed by atoms with Crippen LogP contribution < -0.4 is 9.80 Å². The van der Waals surface area contributed by atoms with Gasteiger partial charge >= 0.3 is 0 Å². The van der Waals surface area contributed by atoms with E-state index in [0.717, 1.165) is 66.2 Å². The van der Waals surface area contributed by atoms with E-state index in [2.05, 4.69) is 318 Å². The molecule has 0 bridgehead atoms. The lowest BCUT2D eigenvalue weighted by molar-refractivity contribution is 0.591. The van der Waals surface area contributed by atoms with E-state index in [9.17, 15) is 0 Å². The lowest BCUT2D eigenvalue weighted by Gasteiger charge is -2.34. The molecule has 0 atom stereocenters. The monoisotopic (exact) mass is 1020 g/mol. The van der Waals surface area contributed by atoms with Gasteiger partial charge in [-0.3, -0.25) is 0 Å². The minimum Gasteiger partial charge on any atom is -0.456 e. The van der Waals surface area contributed by atoms with E-state index >= 15 is 0 Å². The fourth-order valence-corrected chi connectivity index (χ4v) is 11.7. The summed E-state index contributed by atoms with van der Waals surface area (Å²) in [5, 5.41) is 6.72. The molecular formula is C76H62N2O. The molecule has 0 unspecified atom stereocenters. The summed E-state index contributed by atoms with van der Waals surface area (Å²) in [5.41, 5.74) is 20.0. The Morgan fingerprint density at radius 2 is 0.608 bits per heavy atom. The van der Waals surface area contributed by atoms with Crippen molar-refractivity contribution in [3.05, 3.63) is 278 Å². The van der Waals surface area contributed by atoms with Crippen LogP contribution in [0.2, 0.25) is 0 Å². The fourth-order valence-electron chi connectivity index (χ4n) is 11.7. The van der Waals surface area contributed by atoms with Gasteiger partial charge in [0.2, 0.25) is 0 Å². The number of furan rings is 1. The first kappa shape index (κ1) is 49.2. The Labute approximate surface area is 464 Å². The molecule has 13 rings (SSSR count). The molecule has 0 aliphatic heterocycles. The Balaban J connectivity index is 0.974. The summed E-state index contributed by atoms with van der Waals surface area (Å²) < 4.78 is 6.99. The lowest BCUT2D eigenvalue weighted by Crippen LogP contribution is -2.20. The second-order valence-electron chi connectivity index (χ2n) is 23.0. The van der Waals surface area contributed by atoms with Gasteiger partial charge in [-0.05, 0) is 150 Å². The van der Waals surface area contributed by atoms with E-state index in [0.29, 0.717) is 0 Å². The fraction of sp³-hybridized carbons (Fsp3) is 0.105. The van der Waals surface area contributed by atoms with Gasteiger partial charge < -0.3 is 14.2 Å². The molecule has 1 aromatic heterocycles. The first-order chi connectivity index (χ1) is 38.4. The van der Waals surface area contributed by atoms with Crippen LogP contribution in [0.4, 0.5) is 34.1 Å². The maximum atomic E-state index is 6.99. The van der Waals surface area contributed by atoms with E-state index < -0.39 is 0 Å². The molecule has 0 saturated carbocycles. The predicted molar refractivity (Wildman–Crippen MR) is 337 cm³/mol. The molecule has 0 fully saturated rings. The molecule has 0 amide bonds. The first-order valence-electron chi connectivity index (χ1n) is 27.6. The zero-order valence-electron chi connectivity index (χ0n) is 45.7. The average molecular weight is 1020 g/mol. The zero-order chi connectivity index (χ0) is 53.8. The number of benzene rings is 12. The summed E-state index contributed by atoms with van der Waals surface area (Å²) in [4.78, 5) is 4.96. The van der Waals surface area contributed by atoms with Crippen LogP contribution in [0.1, 0.15) is 52.7 Å². The molecule has 12 aromatic carbocycles. The van der Waals surface area contributed by atoms with Gasteiger partial charge in [-0.15, -0.1) is 0 Å². The molecule has 0 aliphatic rings. The molecule has 3 nitrogen and oxygen atoms in total. The van der Waals surface area contributed by atoms with Crippen LogP contribution in [0, 0.1) is 0 Å². The normalized spacial score (nSPS) is 11.9. The number of fused-ring (bicyclic) bond motifs is 5. The van der Waals surface area contributed by atoms with Gasteiger partial charge in [0.1, 0.15) is 11.2 Å². The second kappa shape index (κ2) is 19.8. The third kappa shape index (κ3) is 9.32. The van der Waals surface area contributed by atoms with Gasteiger partial charge in [-0.2, -0.15) is 0 Å². The first-order valence-corrected chi connectivity index (χ1v) is 27.6. The summed E-state index contributed by atoms with van der Waals surface area (Å²) in [6, 6.07) is 97.4. The van der Waals surface area contributed by atoms with E-state index in [1.54, 1.807) is 0 Å². The molecule has 0 N–H and O–H groups in total. The van der Waals surface area contributed by atoms with E-state index in [-0.39, 0.29) is 10.8 Å². The van der Waals surface area contributed by atoms with Crippen molar-refractivity contribution in [2.24, 2.45) is 0 Å². The molecular weight excluding hydrogens is 957 g/mol. The minimum absolute atomic E-state index is 0.162. The Morgan fingerprint density at radius 1 is 0.266 bits per heavy atom. The van der Waals surface area contributed by atoms with Gasteiger partial charge in [0.05, 0.1) is 11.4 Å². The summed E-state index contributed by atoms with van der Waals surface area (Å²) in [6.07, 6.45) is 0. The molecule has 3 heteroatoms. The highest BCUT2D eigenvalue weighted by molar-refractivity contribution is 6.14. The highest BCUT2D eigenvalue weighted by atomic mass is 16.3. The maximum Gasteiger partial charge on any atom is 0.136 e. The van der Waals surface area contributed by atoms with E-state index in [1.807, 2.05) is 0 Å². The Kier molecular flexibility index (Phi) is 12.4. The molecule has 0 spiro atoms. The summed E-state index contributed by atoms with van der Waals surface area (Å²) >= 11 is 0. The van der Waals surface area contributed by atoms with E-state index in [4.69, 9.17) is 4.42 Å². The number of hydrogen-bond acceptors (Lipinski definition) is 3. The van der Waals surface area contributed by atoms with Crippen molar-refractivity contribution in [3.63, 3.8) is 0 Å². The van der Waals surface area contributed by atoms with Gasteiger partial charge in [0.15, 0.2) is 0 Å². The molecule has 0 radical (unpaired) electrons. The maximum absolute atomic E-state index is 6.99. The number of anilines is 6. The second-order valence-corrected chi connectivity index (χ2v) is 23.0. The standard InChI is InChI=1S/C76H62N2O/c1-75(2,3)69-37-21-35-65(53-27-15-9-16-28-53)73(69)77(61-33-19-31-55(43-61)51-23-11-7-12-24-51)63-41-39-57-47-67-68-48-58-40-42-64(46-60(58)50-72(68)79-71(67)49-59(57)45-63)78(62-34-20-32-56(44-62)52-25-13-8-14-26-52)74-66(54-29-17-10-18-30-54)36-22-38-70(74)76(4,5)6/h7-50H,1-6H3. The zero-order valence-corrected chi connectivity index (χ0v) is 45.7. The molecule has 79 heavy (non-hydrogen) atoms. The van der Waals surface area contributed by atoms with Crippen molar-refractivity contribution in [1.29, 1.82) is 0 Å². The van der Waals surface area contributed by atoms with Crippen LogP contribution in [-0.2, 0) is 10.8 Å². The third-order valence-corrected chi connectivity index (χ3v) is 15.6. The van der Waals surface area contributed by atoms with Crippen LogP contribution in [0.3, 0.4) is 0 Å². The van der Waals surface area contributed by atoms with Crippen molar-refractivity contribution in [3.8, 4) is 44.5 Å².